The van der Waals surface area contributed by atoms with Crippen molar-refractivity contribution in [2.75, 3.05) is 18.6 Å². The number of nitrogens with zero attached hydrogens (tertiary/aromatic N) is 1. The number of hydrogen-bond donors (Lipinski definition) is 1. The maximum absolute atomic E-state index is 12.6. The number of amides is 2. The maximum Gasteiger partial charge on any atom is 0.245 e. The summed E-state index contributed by atoms with van der Waals surface area (Å²) < 4.78 is 0. The van der Waals surface area contributed by atoms with Gasteiger partial charge in [-0.1, -0.05) is 27.7 Å². The number of carbonyl (C=O) groups excluding carboxylic acids is 2. The Hall–Kier alpha value is -0.710. The van der Waals surface area contributed by atoms with Crippen LogP contribution in [-0.2, 0) is 9.59 Å². The van der Waals surface area contributed by atoms with Crippen molar-refractivity contribution in [1.29, 1.82) is 0 Å². The molecule has 2 unspecified atom stereocenters. The van der Waals surface area contributed by atoms with Crippen molar-refractivity contribution in [2.45, 2.75) is 52.6 Å². The predicted molar refractivity (Wildman–Crippen MR) is 84.7 cm³/mol. The molecule has 1 heterocycles. The van der Waals surface area contributed by atoms with Gasteiger partial charge in [0.25, 0.3) is 0 Å². The number of carbonyl (C=O) groups is 2. The molecule has 20 heavy (non-hydrogen) atoms. The van der Waals surface area contributed by atoms with Crippen molar-refractivity contribution in [3.63, 3.8) is 0 Å². The number of hydrogen-bond acceptors (Lipinski definition) is 3. The monoisotopic (exact) mass is 300 g/mol. The summed E-state index contributed by atoms with van der Waals surface area (Å²) in [4.78, 5) is 26.7. The Morgan fingerprint density at radius 2 is 1.75 bits per heavy atom. The standard InChI is InChI=1S/C15H28N2O2S/c1-10(2)8-12-15(19)17(6-7-20-5)13(9-11(3)4)14(18)16-12/h10-13H,6-9H2,1-5H3,(H,16,18). The first-order valence-corrected chi connectivity index (χ1v) is 8.86. The van der Waals surface area contributed by atoms with Crippen LogP contribution in [0, 0.1) is 11.8 Å². The third-order valence-electron chi connectivity index (χ3n) is 3.51. The van der Waals surface area contributed by atoms with E-state index in [2.05, 4.69) is 33.0 Å². The number of nitrogens with one attached hydrogen (secondary N) is 1. The Morgan fingerprint density at radius 3 is 2.25 bits per heavy atom. The van der Waals surface area contributed by atoms with E-state index in [0.717, 1.165) is 18.6 Å². The molecule has 5 heteroatoms. The van der Waals surface area contributed by atoms with E-state index in [0.29, 0.717) is 18.4 Å². The van der Waals surface area contributed by atoms with E-state index in [1.165, 1.54) is 0 Å². The lowest BCUT2D eigenvalue weighted by Crippen LogP contribution is -2.64. The summed E-state index contributed by atoms with van der Waals surface area (Å²) >= 11 is 1.71. The van der Waals surface area contributed by atoms with Crippen LogP contribution in [0.25, 0.3) is 0 Å². The second-order valence-corrected chi connectivity index (χ2v) is 7.35. The summed E-state index contributed by atoms with van der Waals surface area (Å²) in [5, 5.41) is 2.92. The quantitative estimate of drug-likeness (QED) is 0.783. The number of piperazine rings is 1. The molecule has 0 radical (unpaired) electrons. The fourth-order valence-electron chi connectivity index (χ4n) is 2.59. The van der Waals surface area contributed by atoms with Crippen molar-refractivity contribution >= 4 is 23.6 Å². The fourth-order valence-corrected chi connectivity index (χ4v) is 2.97. The van der Waals surface area contributed by atoms with Gasteiger partial charge in [0.1, 0.15) is 12.1 Å². The minimum Gasteiger partial charge on any atom is -0.342 e. The van der Waals surface area contributed by atoms with Gasteiger partial charge in [-0.25, -0.2) is 0 Å². The van der Waals surface area contributed by atoms with Crippen molar-refractivity contribution in [3.05, 3.63) is 0 Å². The minimum atomic E-state index is -0.340. The molecule has 1 saturated heterocycles. The van der Waals surface area contributed by atoms with E-state index in [4.69, 9.17) is 0 Å². The van der Waals surface area contributed by atoms with Crippen LogP contribution in [0.3, 0.4) is 0 Å². The summed E-state index contributed by atoms with van der Waals surface area (Å²) in [6, 6.07) is -0.633. The van der Waals surface area contributed by atoms with Crippen LogP contribution in [-0.4, -0.2) is 47.4 Å². The molecule has 1 aliphatic heterocycles. The molecule has 0 aliphatic carbocycles. The van der Waals surface area contributed by atoms with Gasteiger partial charge in [-0.3, -0.25) is 9.59 Å². The van der Waals surface area contributed by atoms with Crippen molar-refractivity contribution in [1.82, 2.24) is 10.2 Å². The molecule has 1 rings (SSSR count). The number of thioether (sulfide) groups is 1. The second-order valence-electron chi connectivity index (χ2n) is 6.36. The Morgan fingerprint density at radius 1 is 1.15 bits per heavy atom. The van der Waals surface area contributed by atoms with E-state index >= 15 is 0 Å². The molecule has 1 aliphatic rings. The zero-order chi connectivity index (χ0) is 15.3. The van der Waals surface area contributed by atoms with Crippen molar-refractivity contribution < 1.29 is 9.59 Å². The molecular formula is C15H28N2O2S. The first-order valence-electron chi connectivity index (χ1n) is 7.46. The zero-order valence-corrected chi connectivity index (χ0v) is 14.1. The first-order chi connectivity index (χ1) is 9.36. The highest BCUT2D eigenvalue weighted by Crippen LogP contribution is 2.20. The smallest absolute Gasteiger partial charge is 0.245 e. The molecule has 0 aromatic rings. The molecular weight excluding hydrogens is 272 g/mol. The van der Waals surface area contributed by atoms with Crippen LogP contribution in [0.4, 0.5) is 0 Å². The van der Waals surface area contributed by atoms with Gasteiger partial charge < -0.3 is 10.2 Å². The highest BCUT2D eigenvalue weighted by atomic mass is 32.2. The Kier molecular flexibility index (Phi) is 6.86. The summed E-state index contributed by atoms with van der Waals surface area (Å²) in [7, 11) is 0. The van der Waals surface area contributed by atoms with Gasteiger partial charge in [-0.15, -0.1) is 0 Å². The summed E-state index contributed by atoms with van der Waals surface area (Å²) in [5.41, 5.74) is 0. The Bertz CT molecular complexity index is 345. The second kappa shape index (κ2) is 7.91. The zero-order valence-electron chi connectivity index (χ0n) is 13.3. The third-order valence-corrected chi connectivity index (χ3v) is 4.11. The highest BCUT2D eigenvalue weighted by molar-refractivity contribution is 7.98. The van der Waals surface area contributed by atoms with E-state index in [9.17, 15) is 9.59 Å². The maximum atomic E-state index is 12.6. The van der Waals surface area contributed by atoms with E-state index in [1.807, 2.05) is 11.2 Å². The third kappa shape index (κ3) is 4.69. The molecule has 0 aromatic heterocycles. The van der Waals surface area contributed by atoms with Gasteiger partial charge in [0, 0.05) is 12.3 Å². The minimum absolute atomic E-state index is 0.0186. The first kappa shape index (κ1) is 17.3. The van der Waals surface area contributed by atoms with Crippen LogP contribution in [0.1, 0.15) is 40.5 Å². The van der Waals surface area contributed by atoms with E-state index in [-0.39, 0.29) is 23.9 Å². The van der Waals surface area contributed by atoms with E-state index in [1.54, 1.807) is 11.8 Å². The molecule has 0 bridgehead atoms. The Labute approximate surface area is 127 Å². The molecule has 2 amide bonds. The lowest BCUT2D eigenvalue weighted by Gasteiger charge is -2.40. The van der Waals surface area contributed by atoms with Crippen LogP contribution in [0.2, 0.25) is 0 Å². The van der Waals surface area contributed by atoms with Gasteiger partial charge in [0.15, 0.2) is 0 Å². The summed E-state index contributed by atoms with van der Waals surface area (Å²) in [6.45, 7) is 8.99. The molecule has 1 fully saturated rings. The molecule has 0 saturated carbocycles. The molecule has 116 valence electrons. The van der Waals surface area contributed by atoms with Crippen molar-refractivity contribution in [3.8, 4) is 0 Å². The average molecular weight is 300 g/mol. The molecule has 2 atom stereocenters. The molecule has 1 N–H and O–H groups in total. The van der Waals surface area contributed by atoms with Gasteiger partial charge in [-0.05, 0) is 30.9 Å². The average Bonchev–Trinajstić information content (AvgIpc) is 2.34. The Balaban J connectivity index is 2.85. The molecule has 0 aromatic carbocycles. The van der Waals surface area contributed by atoms with Gasteiger partial charge in [0.2, 0.25) is 11.8 Å². The van der Waals surface area contributed by atoms with Crippen molar-refractivity contribution in [2.24, 2.45) is 11.8 Å². The number of rotatable bonds is 7. The molecule has 0 spiro atoms. The summed E-state index contributed by atoms with van der Waals surface area (Å²) in [6.07, 6.45) is 3.48. The van der Waals surface area contributed by atoms with Gasteiger partial charge in [-0.2, -0.15) is 11.8 Å². The van der Waals surface area contributed by atoms with Crippen LogP contribution < -0.4 is 5.32 Å². The fraction of sp³-hybridized carbons (Fsp3) is 0.867. The van der Waals surface area contributed by atoms with Crippen LogP contribution in [0.15, 0.2) is 0 Å². The normalized spacial score (nSPS) is 23.6. The topological polar surface area (TPSA) is 49.4 Å². The lowest BCUT2D eigenvalue weighted by atomic mass is 9.94. The largest absolute Gasteiger partial charge is 0.342 e. The SMILES string of the molecule is CSCCN1C(=O)C(CC(C)C)NC(=O)C1CC(C)C. The predicted octanol–water partition coefficient (Wildman–Crippen LogP) is 2.14. The lowest BCUT2D eigenvalue weighted by molar-refractivity contribution is -0.150. The van der Waals surface area contributed by atoms with Crippen LogP contribution in [0.5, 0.6) is 0 Å². The highest BCUT2D eigenvalue weighted by Gasteiger charge is 2.40. The summed E-state index contributed by atoms with van der Waals surface area (Å²) in [5.74, 6) is 1.79. The van der Waals surface area contributed by atoms with Crippen LogP contribution >= 0.6 is 11.8 Å². The molecule has 4 nitrogen and oxygen atoms in total. The van der Waals surface area contributed by atoms with Gasteiger partial charge >= 0.3 is 0 Å². The van der Waals surface area contributed by atoms with Gasteiger partial charge in [0.05, 0.1) is 0 Å². The van der Waals surface area contributed by atoms with E-state index < -0.39 is 0 Å².